The third-order valence-electron chi connectivity index (χ3n) is 10.2. The Balaban J connectivity index is 0.000000631. The predicted octanol–water partition coefficient (Wildman–Crippen LogP) is 8.53. The molecule has 5 aromatic rings. The van der Waals surface area contributed by atoms with Crippen molar-refractivity contribution in [1.29, 1.82) is 0 Å². The topological polar surface area (TPSA) is 196 Å². The van der Waals surface area contributed by atoms with Gasteiger partial charge in [-0.2, -0.15) is 0 Å². The molecule has 3 heterocycles. The average molecular weight is 1070 g/mol. The molecule has 0 fully saturated rings. The lowest BCUT2D eigenvalue weighted by molar-refractivity contribution is -0.140. The van der Waals surface area contributed by atoms with Crippen molar-refractivity contribution in [2.75, 3.05) is 14.1 Å². The van der Waals surface area contributed by atoms with Crippen molar-refractivity contribution >= 4 is 96.3 Å². The molecule has 0 aliphatic heterocycles. The molecule has 0 bridgehead atoms. The normalized spacial score (nSPS) is 12.4. The van der Waals surface area contributed by atoms with Crippen molar-refractivity contribution in [2.24, 2.45) is 17.8 Å². The molecular weight excluding hydrogens is 1010 g/mol. The van der Waals surface area contributed by atoms with E-state index in [4.69, 9.17) is 9.84 Å². The molecule has 0 saturated carbocycles. The van der Waals surface area contributed by atoms with Gasteiger partial charge in [0.15, 0.2) is 5.78 Å². The summed E-state index contributed by atoms with van der Waals surface area (Å²) in [5, 5.41) is 17.6. The van der Waals surface area contributed by atoms with E-state index < -0.39 is 30.2 Å². The van der Waals surface area contributed by atoms with Crippen LogP contribution in [0.4, 0.5) is 14.4 Å². The number of thiazole rings is 3. The van der Waals surface area contributed by atoms with Gasteiger partial charge in [0.1, 0.15) is 12.6 Å². The second-order valence-corrected chi connectivity index (χ2v) is 19.1. The first kappa shape index (κ1) is 57.2. The van der Waals surface area contributed by atoms with Crippen LogP contribution in [0.5, 0.6) is 0 Å². The summed E-state index contributed by atoms with van der Waals surface area (Å²) in [5.41, 5.74) is 7.39. The van der Waals surface area contributed by atoms with Crippen LogP contribution in [0.3, 0.4) is 0 Å². The third kappa shape index (κ3) is 20.7. The zero-order valence-corrected chi connectivity index (χ0v) is 43.0. The van der Waals surface area contributed by atoms with E-state index in [2.05, 4.69) is 43.0 Å². The highest BCUT2D eigenvalue weighted by Crippen LogP contribution is 2.23. The largest absolute Gasteiger partial charge is 0.480 e. The number of nitrogens with one attached hydrogen (secondary N) is 3. The van der Waals surface area contributed by atoms with E-state index in [0.717, 1.165) is 25.8 Å². The number of halogens is 1. The van der Waals surface area contributed by atoms with Crippen LogP contribution < -0.4 is 16.0 Å². The van der Waals surface area contributed by atoms with E-state index in [0.29, 0.717) is 45.2 Å². The van der Waals surface area contributed by atoms with Gasteiger partial charge in [0.25, 0.3) is 0 Å². The van der Waals surface area contributed by atoms with Gasteiger partial charge in [-0.25, -0.2) is 19.2 Å². The number of aromatic nitrogens is 3. The second-order valence-electron chi connectivity index (χ2n) is 16.2. The van der Waals surface area contributed by atoms with Gasteiger partial charge in [-0.05, 0) is 54.6 Å². The fraction of sp³-hybridized carbons (Fsp3) is 0.435. The number of ether oxygens (including phenoxy) is 1. The summed E-state index contributed by atoms with van der Waals surface area (Å²) in [4.78, 5) is 80.4. The number of rotatable bonds is 22. The number of nitrogens with zero attached hydrogens (tertiary/aromatic N) is 5. The smallest absolute Gasteiger partial charge is 0.407 e. The van der Waals surface area contributed by atoms with Gasteiger partial charge in [-0.15, -0.1) is 58.0 Å². The number of hydrogen-bond donors (Lipinski definition) is 4. The molecule has 20 heteroatoms. The Morgan fingerprint density at radius 2 is 1.11 bits per heavy atom. The molecule has 5 amide bonds. The van der Waals surface area contributed by atoms with Crippen LogP contribution in [0, 0.1) is 17.8 Å². The highest BCUT2D eigenvalue weighted by Gasteiger charge is 2.29. The number of urea groups is 2. The van der Waals surface area contributed by atoms with Crippen LogP contribution in [0.25, 0.3) is 0 Å². The molecule has 0 spiro atoms. The first-order valence-corrected chi connectivity index (χ1v) is 23.7. The lowest BCUT2D eigenvalue weighted by atomic mass is 9.85. The number of carbonyl (C=O) groups excluding carboxylic acids is 4. The molecule has 0 aliphatic carbocycles. The summed E-state index contributed by atoms with van der Waals surface area (Å²) in [6.07, 6.45) is 7.67. The van der Waals surface area contributed by atoms with Gasteiger partial charge in [-0.1, -0.05) is 88.4 Å². The van der Waals surface area contributed by atoms with Crippen molar-refractivity contribution in [3.8, 4) is 0 Å². The molecule has 5 rings (SSSR count). The van der Waals surface area contributed by atoms with Gasteiger partial charge < -0.3 is 35.6 Å². The standard InChI is InChI=1S/C35H43N5O4S2.C11H17N3O3S.B.HI/c1-25(2)33(39-34(42)40(3)21-30-19-36-23-45-30)32(41)18-28(16-26-10-6-4-7-11-26)14-15-29(17-27-12-8-5-9-13-27)38-35(43)44-22-31-20-37-24-46-31;1-7(2)9(10(15)16)13-11(17)14(3)5-8-4-12-6-18-8;;/h4-13,19-20,23-25,28-29,33H,14-18,21-22H2,1-3H3,(H,38,43)(H,39,42);4,6-7,9H,5H2,1-3H3,(H,13,17)(H,15,16);;1H/t28-,29-,33-;9-;;/m00../s1. The van der Waals surface area contributed by atoms with Crippen molar-refractivity contribution in [3.63, 3.8) is 0 Å². The molecule has 3 radical (unpaired) electrons. The van der Waals surface area contributed by atoms with Gasteiger partial charge in [0.2, 0.25) is 0 Å². The highest BCUT2D eigenvalue weighted by atomic mass is 127. The summed E-state index contributed by atoms with van der Waals surface area (Å²) in [6, 6.07) is 17.8. The minimum Gasteiger partial charge on any atom is -0.480 e. The fourth-order valence-corrected chi connectivity index (χ4v) is 8.52. The maximum Gasteiger partial charge on any atom is 0.407 e. The number of hydrogen-bond acceptors (Lipinski definition) is 12. The lowest BCUT2D eigenvalue weighted by Crippen LogP contribution is -2.49. The molecule has 4 atom stereocenters. The molecule has 4 N–H and O–H groups in total. The molecule has 0 saturated heterocycles. The van der Waals surface area contributed by atoms with Crippen molar-refractivity contribution < 1.29 is 33.8 Å². The monoisotopic (exact) mass is 1070 g/mol. The Kier molecular flexibility index (Phi) is 26.3. The van der Waals surface area contributed by atoms with Crippen LogP contribution in [-0.4, -0.2) is 100 Å². The Bertz CT molecular complexity index is 2140. The summed E-state index contributed by atoms with van der Waals surface area (Å²) >= 11 is 4.38. The zero-order valence-electron chi connectivity index (χ0n) is 38.2. The molecule has 0 aliphatic rings. The summed E-state index contributed by atoms with van der Waals surface area (Å²) in [5.74, 6) is -1.25. The molecule has 66 heavy (non-hydrogen) atoms. The van der Waals surface area contributed by atoms with Crippen molar-refractivity contribution in [2.45, 2.75) is 97.6 Å². The molecule has 2 aromatic carbocycles. The number of amides is 5. The number of carboxylic acids is 1. The number of carbonyl (C=O) groups is 5. The van der Waals surface area contributed by atoms with E-state index >= 15 is 0 Å². The van der Waals surface area contributed by atoms with Gasteiger partial charge >= 0.3 is 24.1 Å². The van der Waals surface area contributed by atoms with Gasteiger partial charge in [0.05, 0.1) is 40.5 Å². The molecule has 0 unspecified atom stereocenters. The number of Topliss-reactive ketones (excluding diaryl/α,β-unsaturated/α-hetero) is 1. The maximum absolute atomic E-state index is 13.8. The predicted molar refractivity (Wildman–Crippen MR) is 272 cm³/mol. The van der Waals surface area contributed by atoms with Crippen LogP contribution >= 0.6 is 58.0 Å². The van der Waals surface area contributed by atoms with Gasteiger partial charge in [0, 0.05) is 63.3 Å². The molecular formula is C46H61BIN8O7S3. The second kappa shape index (κ2) is 30.4. The van der Waals surface area contributed by atoms with Crippen LogP contribution in [0.2, 0.25) is 0 Å². The first-order chi connectivity index (χ1) is 30.7. The van der Waals surface area contributed by atoms with Crippen LogP contribution in [0.1, 0.15) is 72.7 Å². The Morgan fingerprint density at radius 1 is 0.652 bits per heavy atom. The van der Waals surface area contributed by atoms with E-state index in [1.807, 2.05) is 62.4 Å². The fourth-order valence-electron chi connectivity index (χ4n) is 6.72. The lowest BCUT2D eigenvalue weighted by Gasteiger charge is -2.27. The minimum absolute atomic E-state index is 0. The minimum atomic E-state index is -1.02. The van der Waals surface area contributed by atoms with E-state index in [1.54, 1.807) is 68.0 Å². The summed E-state index contributed by atoms with van der Waals surface area (Å²) in [6.45, 7) is 8.42. The van der Waals surface area contributed by atoms with E-state index in [9.17, 15) is 24.0 Å². The first-order valence-electron chi connectivity index (χ1n) is 21.1. The molecule has 15 nitrogen and oxygen atoms in total. The maximum atomic E-state index is 13.8. The zero-order chi connectivity index (χ0) is 46.4. The number of benzene rings is 2. The van der Waals surface area contributed by atoms with Gasteiger partial charge in [-0.3, -0.25) is 19.7 Å². The van der Waals surface area contributed by atoms with E-state index in [1.165, 1.54) is 38.9 Å². The summed E-state index contributed by atoms with van der Waals surface area (Å²) in [7, 11) is 3.34. The van der Waals surface area contributed by atoms with E-state index in [-0.39, 0.29) is 74.6 Å². The third-order valence-corrected chi connectivity index (χ3v) is 12.5. The number of aliphatic carboxylic acids is 1. The Morgan fingerprint density at radius 3 is 1.55 bits per heavy atom. The SMILES string of the molecule is CC(C)[C@H](NC(=O)N(C)Cc1cncs1)C(=O)C[C@@H](CC[C@@H](Cc1ccccc1)NC(=O)OCc1cncs1)Cc1ccccc1.CC(C)[C@H](NC(=O)N(C)Cc1cncs1)C(=O)O.I.[B]. The number of ketones is 1. The molecule has 355 valence electrons. The van der Waals surface area contributed by atoms with Crippen LogP contribution in [-0.2, 0) is 46.9 Å². The average Bonchev–Trinajstić information content (AvgIpc) is 4.09. The summed E-state index contributed by atoms with van der Waals surface area (Å²) < 4.78 is 5.49. The number of alkyl carbamates (subject to hydrolysis) is 1. The van der Waals surface area contributed by atoms with Crippen LogP contribution in [0.15, 0.2) is 95.8 Å². The Labute approximate surface area is 419 Å². The Hall–Kier alpha value is -4.93. The number of carboxylic acid groups (broad SMARTS) is 1. The highest BCUT2D eigenvalue weighted by molar-refractivity contribution is 14.0. The van der Waals surface area contributed by atoms with Crippen molar-refractivity contribution in [3.05, 3.63) is 122 Å². The molecule has 3 aromatic heterocycles. The quantitative estimate of drug-likeness (QED) is 0.0385. The van der Waals surface area contributed by atoms with Crippen molar-refractivity contribution in [1.82, 2.24) is 40.7 Å².